The van der Waals surface area contributed by atoms with Crippen LogP contribution in [0.25, 0.3) is 0 Å². The van der Waals surface area contributed by atoms with E-state index in [1.165, 1.54) is 12.3 Å². The second kappa shape index (κ2) is 7.17. The highest BCUT2D eigenvalue weighted by molar-refractivity contribution is 5.89. The lowest BCUT2D eigenvalue weighted by Crippen LogP contribution is -2.32. The number of amides is 2. The monoisotopic (exact) mass is 299 g/mol. The van der Waals surface area contributed by atoms with Gasteiger partial charge < -0.3 is 15.2 Å². The van der Waals surface area contributed by atoms with Crippen molar-refractivity contribution in [3.8, 4) is 6.07 Å². The molecule has 0 aliphatic carbocycles. The van der Waals surface area contributed by atoms with Crippen LogP contribution < -0.4 is 10.6 Å². The van der Waals surface area contributed by atoms with Gasteiger partial charge in [0, 0.05) is 6.54 Å². The Morgan fingerprint density at radius 1 is 1.50 bits per heavy atom. The van der Waals surface area contributed by atoms with Crippen LogP contribution in [0.2, 0.25) is 0 Å². The van der Waals surface area contributed by atoms with Crippen molar-refractivity contribution in [2.75, 3.05) is 5.32 Å². The van der Waals surface area contributed by atoms with Gasteiger partial charge in [0.2, 0.25) is 0 Å². The summed E-state index contributed by atoms with van der Waals surface area (Å²) in [5, 5.41) is 22.0. The zero-order valence-electron chi connectivity index (χ0n) is 12.4. The molecule has 2 heterocycles. The van der Waals surface area contributed by atoms with E-state index in [0.717, 1.165) is 13.0 Å². The quantitative estimate of drug-likeness (QED) is 0.875. The number of aromatic nitrogens is 4. The fraction of sp³-hybridized carbons (Fsp3) is 0.357. The summed E-state index contributed by atoms with van der Waals surface area (Å²) in [4.78, 5) is 15.9. The molecule has 2 amide bonds. The van der Waals surface area contributed by atoms with Crippen LogP contribution in [-0.2, 0) is 6.54 Å². The molecule has 8 nitrogen and oxygen atoms in total. The van der Waals surface area contributed by atoms with E-state index in [9.17, 15) is 4.79 Å². The number of nitrogens with zero attached hydrogens (tertiary/aromatic N) is 5. The molecule has 2 aromatic heterocycles. The lowest BCUT2D eigenvalue weighted by molar-refractivity contribution is 0.248. The molecular formula is C14H17N7O. The third-order valence-corrected chi connectivity index (χ3v) is 2.98. The second-order valence-corrected chi connectivity index (χ2v) is 4.75. The van der Waals surface area contributed by atoms with Crippen LogP contribution in [0.15, 0.2) is 24.7 Å². The fourth-order valence-electron chi connectivity index (χ4n) is 1.97. The van der Waals surface area contributed by atoms with Crippen LogP contribution in [-0.4, -0.2) is 25.8 Å². The first-order valence-corrected chi connectivity index (χ1v) is 6.95. The van der Waals surface area contributed by atoms with Gasteiger partial charge in [0.1, 0.15) is 18.1 Å². The van der Waals surface area contributed by atoms with Crippen molar-refractivity contribution in [1.82, 2.24) is 25.1 Å². The number of aryl methyl sites for hydroxylation is 1. The predicted octanol–water partition coefficient (Wildman–Crippen LogP) is 1.84. The Labute approximate surface area is 128 Å². The zero-order valence-corrected chi connectivity index (χ0v) is 12.4. The number of carbonyl (C=O) groups excluding carboxylic acids is 1. The van der Waals surface area contributed by atoms with Gasteiger partial charge in [-0.15, -0.1) is 10.2 Å². The van der Waals surface area contributed by atoms with Gasteiger partial charge in [-0.2, -0.15) is 5.26 Å². The largest absolute Gasteiger partial charge is 0.328 e. The van der Waals surface area contributed by atoms with E-state index in [0.29, 0.717) is 17.2 Å². The van der Waals surface area contributed by atoms with Crippen LogP contribution in [0.4, 0.5) is 10.5 Å². The molecule has 0 aliphatic heterocycles. The molecule has 2 aromatic rings. The first-order chi connectivity index (χ1) is 10.6. The van der Waals surface area contributed by atoms with Crippen molar-refractivity contribution in [1.29, 1.82) is 5.26 Å². The number of pyridine rings is 1. The Balaban J connectivity index is 1.96. The highest BCUT2D eigenvalue weighted by Gasteiger charge is 2.15. The molecule has 2 N–H and O–H groups in total. The average molecular weight is 299 g/mol. The molecule has 0 aromatic carbocycles. The molecule has 8 heteroatoms. The molecule has 0 radical (unpaired) electrons. The van der Waals surface area contributed by atoms with E-state index in [1.807, 2.05) is 17.6 Å². The molecule has 0 saturated carbocycles. The van der Waals surface area contributed by atoms with Crippen LogP contribution in [0.1, 0.15) is 37.8 Å². The molecule has 114 valence electrons. The maximum atomic E-state index is 12.0. The normalized spacial score (nSPS) is 11.5. The molecule has 1 atom stereocenters. The smallest absolute Gasteiger partial charge is 0.319 e. The van der Waals surface area contributed by atoms with Crippen LogP contribution >= 0.6 is 0 Å². The summed E-state index contributed by atoms with van der Waals surface area (Å²) in [6.45, 7) is 4.70. The van der Waals surface area contributed by atoms with Crippen LogP contribution in [0.3, 0.4) is 0 Å². The van der Waals surface area contributed by atoms with Gasteiger partial charge in [-0.3, -0.25) is 0 Å². The van der Waals surface area contributed by atoms with Gasteiger partial charge in [-0.1, -0.05) is 6.92 Å². The van der Waals surface area contributed by atoms with Crippen molar-refractivity contribution < 1.29 is 4.79 Å². The Bertz CT molecular complexity index is 671. The van der Waals surface area contributed by atoms with Gasteiger partial charge in [0.05, 0.1) is 17.9 Å². The van der Waals surface area contributed by atoms with Gasteiger partial charge in [-0.25, -0.2) is 9.78 Å². The Hall–Kier alpha value is -2.95. The Morgan fingerprint density at radius 2 is 2.32 bits per heavy atom. The van der Waals surface area contributed by atoms with E-state index < -0.39 is 0 Å². The van der Waals surface area contributed by atoms with Gasteiger partial charge in [0.15, 0.2) is 5.82 Å². The van der Waals surface area contributed by atoms with Crippen molar-refractivity contribution in [2.24, 2.45) is 0 Å². The maximum absolute atomic E-state index is 12.0. The number of nitriles is 1. The number of urea groups is 1. The van der Waals surface area contributed by atoms with E-state index in [1.54, 1.807) is 12.4 Å². The van der Waals surface area contributed by atoms with Crippen LogP contribution in [0.5, 0.6) is 0 Å². The Morgan fingerprint density at radius 3 is 2.95 bits per heavy atom. The average Bonchev–Trinajstić information content (AvgIpc) is 2.96. The van der Waals surface area contributed by atoms with Gasteiger partial charge in [0.25, 0.3) is 0 Å². The third-order valence-electron chi connectivity index (χ3n) is 2.98. The molecule has 0 aliphatic rings. The summed E-state index contributed by atoms with van der Waals surface area (Å²) >= 11 is 0. The zero-order chi connectivity index (χ0) is 15.9. The molecule has 0 fully saturated rings. The number of hydrogen-bond donors (Lipinski definition) is 2. The first-order valence-electron chi connectivity index (χ1n) is 6.95. The van der Waals surface area contributed by atoms with Gasteiger partial charge in [-0.05, 0) is 25.5 Å². The van der Waals surface area contributed by atoms with E-state index in [-0.39, 0.29) is 12.1 Å². The third kappa shape index (κ3) is 3.79. The highest BCUT2D eigenvalue weighted by Crippen LogP contribution is 2.10. The fourth-order valence-corrected chi connectivity index (χ4v) is 1.97. The number of nitrogens with one attached hydrogen (secondary N) is 2. The lowest BCUT2D eigenvalue weighted by atomic mass is 10.3. The highest BCUT2D eigenvalue weighted by atomic mass is 16.2. The maximum Gasteiger partial charge on any atom is 0.319 e. The molecular weight excluding hydrogens is 282 g/mol. The minimum atomic E-state index is -0.370. The summed E-state index contributed by atoms with van der Waals surface area (Å²) in [5.74, 6) is 0.704. The first kappa shape index (κ1) is 15.4. The van der Waals surface area contributed by atoms with Crippen molar-refractivity contribution >= 4 is 11.7 Å². The molecule has 0 spiro atoms. The van der Waals surface area contributed by atoms with Crippen LogP contribution in [0, 0.1) is 11.3 Å². The van der Waals surface area contributed by atoms with Crippen molar-refractivity contribution in [3.63, 3.8) is 0 Å². The molecule has 0 unspecified atom stereocenters. The molecule has 22 heavy (non-hydrogen) atoms. The summed E-state index contributed by atoms with van der Waals surface area (Å²) in [7, 11) is 0. The number of anilines is 1. The summed E-state index contributed by atoms with van der Waals surface area (Å²) in [6, 6.07) is 4.43. The lowest BCUT2D eigenvalue weighted by Gasteiger charge is -2.15. The van der Waals surface area contributed by atoms with Crippen molar-refractivity contribution in [3.05, 3.63) is 36.2 Å². The SMILES string of the molecule is CCCn1cnnc1[C@H](C)NC(=O)Nc1ccc(C#N)nc1. The number of hydrogen-bond acceptors (Lipinski definition) is 5. The molecule has 0 saturated heterocycles. The van der Waals surface area contributed by atoms with Gasteiger partial charge >= 0.3 is 6.03 Å². The predicted molar refractivity (Wildman–Crippen MR) is 79.8 cm³/mol. The van der Waals surface area contributed by atoms with E-state index in [2.05, 4.69) is 32.7 Å². The number of rotatable bonds is 5. The topological polar surface area (TPSA) is 109 Å². The Kier molecular flexibility index (Phi) is 5.03. The van der Waals surface area contributed by atoms with E-state index >= 15 is 0 Å². The van der Waals surface area contributed by atoms with E-state index in [4.69, 9.17) is 5.26 Å². The minimum absolute atomic E-state index is 0.277. The summed E-state index contributed by atoms with van der Waals surface area (Å²) in [6.07, 6.45) is 4.04. The van der Waals surface area contributed by atoms with Crippen molar-refractivity contribution in [2.45, 2.75) is 32.9 Å². The standard InChI is InChI=1S/C14H17N7O/c1-3-6-21-9-17-20-13(21)10(2)18-14(22)19-12-5-4-11(7-15)16-8-12/h4-5,8-10H,3,6H2,1-2H3,(H2,18,19,22)/t10-/m0/s1. The summed E-state index contributed by atoms with van der Waals surface area (Å²) in [5.41, 5.74) is 0.811. The second-order valence-electron chi connectivity index (χ2n) is 4.75. The molecule has 2 rings (SSSR count). The minimum Gasteiger partial charge on any atom is -0.328 e. The molecule has 0 bridgehead atoms. The number of carbonyl (C=O) groups is 1. The summed E-state index contributed by atoms with van der Waals surface area (Å²) < 4.78 is 1.91.